The number of hydrogen-bond donors (Lipinski definition) is 2. The summed E-state index contributed by atoms with van der Waals surface area (Å²) in [5.74, 6) is 0.686. The first-order chi connectivity index (χ1) is 6.83. The number of carbonyl (C=O) groups is 1. The molecule has 76 valence electrons. The van der Waals surface area contributed by atoms with Crippen molar-refractivity contribution in [2.45, 2.75) is 19.9 Å². The standard InChI is InChI=1S/C9H13N3O2/c1-2-11-9(13)8-6-5-10-4-3-7(6)14-12-8/h10H,2-5H2,1H3,(H,11,13). The van der Waals surface area contributed by atoms with E-state index >= 15 is 0 Å². The Morgan fingerprint density at radius 2 is 2.57 bits per heavy atom. The summed E-state index contributed by atoms with van der Waals surface area (Å²) in [5, 5.41) is 9.68. The highest BCUT2D eigenvalue weighted by Crippen LogP contribution is 2.17. The van der Waals surface area contributed by atoms with Crippen LogP contribution in [0, 0.1) is 0 Å². The Morgan fingerprint density at radius 1 is 1.71 bits per heavy atom. The first kappa shape index (κ1) is 9.21. The summed E-state index contributed by atoms with van der Waals surface area (Å²) in [4.78, 5) is 11.5. The Balaban J connectivity index is 2.25. The van der Waals surface area contributed by atoms with E-state index in [4.69, 9.17) is 4.52 Å². The average Bonchev–Trinajstić information content (AvgIpc) is 2.61. The number of hydrogen-bond acceptors (Lipinski definition) is 4. The van der Waals surface area contributed by atoms with Gasteiger partial charge in [-0.2, -0.15) is 0 Å². The van der Waals surface area contributed by atoms with Gasteiger partial charge in [0.25, 0.3) is 5.91 Å². The minimum absolute atomic E-state index is 0.152. The molecule has 1 aliphatic heterocycles. The molecule has 0 fully saturated rings. The lowest BCUT2D eigenvalue weighted by Crippen LogP contribution is -2.28. The Labute approximate surface area is 81.8 Å². The molecular formula is C9H13N3O2. The molecule has 2 N–H and O–H groups in total. The third-order valence-electron chi connectivity index (χ3n) is 2.25. The summed E-state index contributed by atoms with van der Waals surface area (Å²) in [5.41, 5.74) is 1.33. The van der Waals surface area contributed by atoms with Crippen molar-refractivity contribution in [3.05, 3.63) is 17.0 Å². The van der Waals surface area contributed by atoms with Gasteiger partial charge in [0.1, 0.15) is 5.76 Å². The van der Waals surface area contributed by atoms with Gasteiger partial charge in [-0.1, -0.05) is 5.16 Å². The number of nitrogens with zero attached hydrogens (tertiary/aromatic N) is 1. The minimum Gasteiger partial charge on any atom is -0.360 e. The Morgan fingerprint density at radius 3 is 3.36 bits per heavy atom. The van der Waals surface area contributed by atoms with Gasteiger partial charge in [-0.3, -0.25) is 4.79 Å². The maximum atomic E-state index is 11.5. The molecule has 14 heavy (non-hydrogen) atoms. The first-order valence-electron chi connectivity index (χ1n) is 4.79. The molecule has 1 aromatic rings. The second-order valence-corrected chi connectivity index (χ2v) is 3.22. The van der Waals surface area contributed by atoms with Crippen LogP contribution in [0.3, 0.4) is 0 Å². The van der Waals surface area contributed by atoms with Gasteiger partial charge < -0.3 is 15.2 Å². The molecule has 1 aliphatic rings. The highest BCUT2D eigenvalue weighted by molar-refractivity contribution is 5.93. The van der Waals surface area contributed by atoms with Gasteiger partial charge in [0, 0.05) is 31.6 Å². The van der Waals surface area contributed by atoms with Crippen molar-refractivity contribution in [3.63, 3.8) is 0 Å². The molecule has 0 bridgehead atoms. The number of amides is 1. The number of rotatable bonds is 2. The van der Waals surface area contributed by atoms with Crippen LogP contribution in [0.1, 0.15) is 28.7 Å². The van der Waals surface area contributed by atoms with Crippen LogP contribution < -0.4 is 10.6 Å². The van der Waals surface area contributed by atoms with E-state index in [1.54, 1.807) is 0 Å². The molecular weight excluding hydrogens is 182 g/mol. The van der Waals surface area contributed by atoms with E-state index in [0.717, 1.165) is 24.3 Å². The normalized spacial score (nSPS) is 14.9. The van der Waals surface area contributed by atoms with Crippen molar-refractivity contribution in [1.82, 2.24) is 15.8 Å². The van der Waals surface area contributed by atoms with Crippen LogP contribution >= 0.6 is 0 Å². The summed E-state index contributed by atoms with van der Waals surface area (Å²) < 4.78 is 5.10. The molecule has 0 spiro atoms. The van der Waals surface area contributed by atoms with Crippen LogP contribution in [0.25, 0.3) is 0 Å². The second-order valence-electron chi connectivity index (χ2n) is 3.22. The largest absolute Gasteiger partial charge is 0.360 e. The number of carbonyl (C=O) groups excluding carboxylic acids is 1. The highest BCUT2D eigenvalue weighted by Gasteiger charge is 2.23. The van der Waals surface area contributed by atoms with Gasteiger partial charge in [0.05, 0.1) is 0 Å². The van der Waals surface area contributed by atoms with Crippen LogP contribution in [0.4, 0.5) is 0 Å². The zero-order chi connectivity index (χ0) is 9.97. The van der Waals surface area contributed by atoms with Crippen molar-refractivity contribution < 1.29 is 9.32 Å². The summed E-state index contributed by atoms with van der Waals surface area (Å²) in [6.07, 6.45) is 0.807. The lowest BCUT2D eigenvalue weighted by atomic mass is 10.1. The monoisotopic (exact) mass is 195 g/mol. The highest BCUT2D eigenvalue weighted by atomic mass is 16.5. The summed E-state index contributed by atoms with van der Waals surface area (Å²) in [6.45, 7) is 4.04. The molecule has 1 aromatic heterocycles. The van der Waals surface area contributed by atoms with E-state index in [-0.39, 0.29) is 5.91 Å². The van der Waals surface area contributed by atoms with Crippen molar-refractivity contribution >= 4 is 5.91 Å². The van der Waals surface area contributed by atoms with Crippen LogP contribution in [0.2, 0.25) is 0 Å². The fraction of sp³-hybridized carbons (Fsp3) is 0.556. The van der Waals surface area contributed by atoms with E-state index in [1.165, 1.54) is 0 Å². The van der Waals surface area contributed by atoms with Gasteiger partial charge in [0.2, 0.25) is 0 Å². The van der Waals surface area contributed by atoms with Crippen LogP contribution in [-0.4, -0.2) is 24.2 Å². The zero-order valence-corrected chi connectivity index (χ0v) is 8.09. The van der Waals surface area contributed by atoms with E-state index in [0.29, 0.717) is 18.8 Å². The van der Waals surface area contributed by atoms with E-state index in [9.17, 15) is 4.79 Å². The van der Waals surface area contributed by atoms with Crippen LogP contribution in [0.5, 0.6) is 0 Å². The zero-order valence-electron chi connectivity index (χ0n) is 8.09. The number of nitrogens with one attached hydrogen (secondary N) is 2. The molecule has 2 heterocycles. The minimum atomic E-state index is -0.152. The smallest absolute Gasteiger partial charge is 0.273 e. The van der Waals surface area contributed by atoms with Gasteiger partial charge in [-0.05, 0) is 6.92 Å². The topological polar surface area (TPSA) is 67.2 Å². The predicted molar refractivity (Wildman–Crippen MR) is 49.9 cm³/mol. The van der Waals surface area contributed by atoms with Crippen molar-refractivity contribution in [2.24, 2.45) is 0 Å². The number of fused-ring (bicyclic) bond motifs is 1. The molecule has 0 unspecified atom stereocenters. The SMILES string of the molecule is CCNC(=O)c1noc2c1CNCC2. The van der Waals surface area contributed by atoms with E-state index in [2.05, 4.69) is 15.8 Å². The molecule has 1 amide bonds. The Bertz CT molecular complexity index is 346. The third-order valence-corrected chi connectivity index (χ3v) is 2.25. The Kier molecular flexibility index (Phi) is 2.49. The maximum absolute atomic E-state index is 11.5. The molecule has 0 aliphatic carbocycles. The fourth-order valence-corrected chi connectivity index (χ4v) is 1.56. The molecule has 0 saturated carbocycles. The van der Waals surface area contributed by atoms with Crippen molar-refractivity contribution in [2.75, 3.05) is 13.1 Å². The molecule has 0 saturated heterocycles. The fourth-order valence-electron chi connectivity index (χ4n) is 1.56. The third kappa shape index (κ3) is 1.50. The Hall–Kier alpha value is -1.36. The summed E-state index contributed by atoms with van der Waals surface area (Å²) in [6, 6.07) is 0. The predicted octanol–water partition coefficient (Wildman–Crippen LogP) is 0.0700. The summed E-state index contributed by atoms with van der Waals surface area (Å²) in [7, 11) is 0. The van der Waals surface area contributed by atoms with Gasteiger partial charge >= 0.3 is 0 Å². The summed E-state index contributed by atoms with van der Waals surface area (Å²) >= 11 is 0. The molecule has 0 radical (unpaired) electrons. The van der Waals surface area contributed by atoms with Crippen molar-refractivity contribution in [3.8, 4) is 0 Å². The first-order valence-corrected chi connectivity index (χ1v) is 4.79. The quantitative estimate of drug-likeness (QED) is 0.700. The molecule has 5 nitrogen and oxygen atoms in total. The lowest BCUT2D eigenvalue weighted by Gasteiger charge is -2.10. The average molecular weight is 195 g/mol. The molecule has 0 aromatic carbocycles. The molecule has 5 heteroatoms. The van der Waals surface area contributed by atoms with E-state index in [1.807, 2.05) is 6.92 Å². The van der Waals surface area contributed by atoms with E-state index < -0.39 is 0 Å². The number of aromatic nitrogens is 1. The molecule has 0 atom stereocenters. The van der Waals surface area contributed by atoms with Crippen LogP contribution in [0.15, 0.2) is 4.52 Å². The van der Waals surface area contributed by atoms with Gasteiger partial charge in [-0.25, -0.2) is 0 Å². The second kappa shape index (κ2) is 3.79. The lowest BCUT2D eigenvalue weighted by molar-refractivity contribution is 0.0946. The van der Waals surface area contributed by atoms with Gasteiger partial charge in [-0.15, -0.1) is 0 Å². The maximum Gasteiger partial charge on any atom is 0.273 e. The van der Waals surface area contributed by atoms with Gasteiger partial charge in [0.15, 0.2) is 5.69 Å². The molecule has 2 rings (SSSR count). The van der Waals surface area contributed by atoms with Crippen molar-refractivity contribution in [1.29, 1.82) is 0 Å². The van der Waals surface area contributed by atoms with Crippen LogP contribution in [-0.2, 0) is 13.0 Å².